The Bertz CT molecular complexity index is 1440. The van der Waals surface area contributed by atoms with Gasteiger partial charge in [0.05, 0.1) is 24.9 Å². The van der Waals surface area contributed by atoms with E-state index in [1.165, 1.54) is 28.5 Å². The van der Waals surface area contributed by atoms with Crippen LogP contribution in [0.25, 0.3) is 22.3 Å². The number of aliphatic carboxylic acids is 1. The summed E-state index contributed by atoms with van der Waals surface area (Å²) >= 11 is 1.48. The standard InChI is InChI=1S/C25H26N6O5S/c1-13(2)27-25-29-20(12-37-25)19-10-22(16-5-4-14(35-3)8-18(16)28-19)36-15-9-21(24(33)34)31(11-15)23(32)17-6-7-26-30-17/h4-8,10,12-13,15,21H,9,11H2,1-3H3,(H,26,30)(H,27,29)(H,33,34)/t15-,21+/m1/s1. The molecule has 12 heteroatoms. The molecule has 4 aromatic rings. The second kappa shape index (κ2) is 10.1. The largest absolute Gasteiger partial charge is 0.497 e. The van der Waals surface area contributed by atoms with E-state index < -0.39 is 24.0 Å². The number of aromatic nitrogens is 4. The Morgan fingerprint density at radius 3 is 2.76 bits per heavy atom. The molecule has 37 heavy (non-hydrogen) atoms. The highest BCUT2D eigenvalue weighted by Gasteiger charge is 2.41. The molecule has 1 amide bonds. The number of carbonyl (C=O) groups excluding carboxylic acids is 1. The van der Waals surface area contributed by atoms with Gasteiger partial charge in [0.15, 0.2) is 5.13 Å². The van der Waals surface area contributed by atoms with Crippen LogP contribution in [0.4, 0.5) is 5.13 Å². The Labute approximate surface area is 216 Å². The summed E-state index contributed by atoms with van der Waals surface area (Å²) in [4.78, 5) is 35.6. The molecule has 0 aliphatic carbocycles. The van der Waals surface area contributed by atoms with Crippen molar-refractivity contribution >= 4 is 39.2 Å². The minimum atomic E-state index is -1.09. The first-order valence-corrected chi connectivity index (χ1v) is 12.6. The van der Waals surface area contributed by atoms with Gasteiger partial charge in [0, 0.05) is 41.6 Å². The minimum Gasteiger partial charge on any atom is -0.497 e. The lowest BCUT2D eigenvalue weighted by Gasteiger charge is -2.20. The molecule has 1 saturated heterocycles. The summed E-state index contributed by atoms with van der Waals surface area (Å²) < 4.78 is 11.8. The Morgan fingerprint density at radius 2 is 2.05 bits per heavy atom. The number of hydrogen-bond donors (Lipinski definition) is 3. The number of ether oxygens (including phenoxy) is 2. The predicted octanol–water partition coefficient (Wildman–Crippen LogP) is 3.66. The fourth-order valence-corrected chi connectivity index (χ4v) is 5.14. The molecule has 1 aromatic carbocycles. The van der Waals surface area contributed by atoms with Crippen LogP contribution < -0.4 is 14.8 Å². The Balaban J connectivity index is 1.48. The molecule has 4 heterocycles. The van der Waals surface area contributed by atoms with Gasteiger partial charge in [-0.05, 0) is 32.0 Å². The monoisotopic (exact) mass is 522 g/mol. The summed E-state index contributed by atoms with van der Waals surface area (Å²) in [6, 6.07) is 8.02. The van der Waals surface area contributed by atoms with E-state index in [9.17, 15) is 14.7 Å². The molecule has 2 atom stereocenters. The smallest absolute Gasteiger partial charge is 0.326 e. The SMILES string of the molecule is COc1ccc2c(O[C@@H]3C[C@@H](C(=O)O)N(C(=O)c4ccn[nH]4)C3)cc(-c3csc(NC(C)C)n3)nc2c1. The molecule has 192 valence electrons. The molecule has 0 unspecified atom stereocenters. The average molecular weight is 523 g/mol. The highest BCUT2D eigenvalue weighted by molar-refractivity contribution is 7.14. The number of carbonyl (C=O) groups is 2. The van der Waals surface area contributed by atoms with Crippen LogP contribution in [0.15, 0.2) is 41.9 Å². The van der Waals surface area contributed by atoms with E-state index in [-0.39, 0.29) is 24.7 Å². The highest BCUT2D eigenvalue weighted by Crippen LogP contribution is 2.35. The summed E-state index contributed by atoms with van der Waals surface area (Å²) in [7, 11) is 1.59. The van der Waals surface area contributed by atoms with Crippen molar-refractivity contribution in [3.63, 3.8) is 0 Å². The number of aromatic amines is 1. The first-order valence-electron chi connectivity index (χ1n) is 11.7. The van der Waals surface area contributed by atoms with Crippen LogP contribution in [0.2, 0.25) is 0 Å². The van der Waals surface area contributed by atoms with E-state index in [1.807, 2.05) is 37.4 Å². The second-order valence-corrected chi connectivity index (χ2v) is 9.84. The molecule has 3 N–H and O–H groups in total. The number of pyridine rings is 1. The summed E-state index contributed by atoms with van der Waals surface area (Å²) in [5.41, 5.74) is 2.18. The van der Waals surface area contributed by atoms with Crippen molar-refractivity contribution < 1.29 is 24.2 Å². The molecular formula is C25H26N6O5S. The topological polar surface area (TPSA) is 143 Å². The van der Waals surface area contributed by atoms with Crippen LogP contribution in [0.1, 0.15) is 30.8 Å². The van der Waals surface area contributed by atoms with Crippen molar-refractivity contribution in [1.82, 2.24) is 25.1 Å². The number of carboxylic acids is 1. The van der Waals surface area contributed by atoms with E-state index in [0.29, 0.717) is 28.4 Å². The number of hydrogen-bond acceptors (Lipinski definition) is 9. The maximum Gasteiger partial charge on any atom is 0.326 e. The number of benzene rings is 1. The lowest BCUT2D eigenvalue weighted by atomic mass is 10.1. The maximum absolute atomic E-state index is 12.9. The third-order valence-corrected chi connectivity index (χ3v) is 6.76. The molecule has 1 aliphatic rings. The number of rotatable bonds is 8. The van der Waals surface area contributed by atoms with Gasteiger partial charge in [-0.2, -0.15) is 5.10 Å². The molecule has 11 nitrogen and oxygen atoms in total. The number of fused-ring (bicyclic) bond motifs is 1. The van der Waals surface area contributed by atoms with Crippen molar-refractivity contribution in [2.75, 3.05) is 19.0 Å². The van der Waals surface area contributed by atoms with Crippen LogP contribution in [0.5, 0.6) is 11.5 Å². The summed E-state index contributed by atoms with van der Waals surface area (Å²) in [5.74, 6) is -0.351. The summed E-state index contributed by atoms with van der Waals surface area (Å²) in [6.07, 6.45) is 1.05. The van der Waals surface area contributed by atoms with E-state index in [4.69, 9.17) is 14.5 Å². The van der Waals surface area contributed by atoms with Crippen molar-refractivity contribution in [3.05, 3.63) is 47.6 Å². The molecule has 0 bridgehead atoms. The van der Waals surface area contributed by atoms with Gasteiger partial charge >= 0.3 is 5.97 Å². The van der Waals surface area contributed by atoms with Crippen LogP contribution in [0.3, 0.4) is 0 Å². The third-order valence-electron chi connectivity index (χ3n) is 5.99. The number of nitrogens with one attached hydrogen (secondary N) is 2. The van der Waals surface area contributed by atoms with Crippen molar-refractivity contribution in [2.24, 2.45) is 0 Å². The lowest BCUT2D eigenvalue weighted by molar-refractivity contribution is -0.141. The predicted molar refractivity (Wildman–Crippen MR) is 138 cm³/mol. The molecule has 0 saturated carbocycles. The number of likely N-dealkylation sites (tertiary alicyclic amines) is 1. The molecule has 0 radical (unpaired) electrons. The van der Waals surface area contributed by atoms with E-state index in [1.54, 1.807) is 13.2 Å². The lowest BCUT2D eigenvalue weighted by Crippen LogP contribution is -2.40. The fraction of sp³-hybridized carbons (Fsp3) is 0.320. The Morgan fingerprint density at radius 1 is 1.22 bits per heavy atom. The fourth-order valence-electron chi connectivity index (χ4n) is 4.29. The van der Waals surface area contributed by atoms with Crippen LogP contribution in [0, 0.1) is 0 Å². The Kier molecular flexibility index (Phi) is 6.66. The molecule has 3 aromatic heterocycles. The van der Waals surface area contributed by atoms with Gasteiger partial charge in [-0.1, -0.05) is 0 Å². The summed E-state index contributed by atoms with van der Waals surface area (Å²) in [5, 5.41) is 22.9. The Hall–Kier alpha value is -4.19. The van der Waals surface area contributed by atoms with Crippen molar-refractivity contribution in [2.45, 2.75) is 38.5 Å². The number of carboxylic acid groups (broad SMARTS) is 1. The normalized spacial score (nSPS) is 17.4. The number of methoxy groups -OCH3 is 1. The number of anilines is 1. The average Bonchev–Trinajstić information content (AvgIpc) is 3.64. The zero-order valence-corrected chi connectivity index (χ0v) is 21.3. The number of thiazole rings is 1. The van der Waals surface area contributed by atoms with Gasteiger partial charge in [0.1, 0.15) is 35.0 Å². The van der Waals surface area contributed by atoms with Gasteiger partial charge in [-0.15, -0.1) is 11.3 Å². The number of nitrogens with zero attached hydrogens (tertiary/aromatic N) is 4. The van der Waals surface area contributed by atoms with Crippen LogP contribution in [-0.2, 0) is 4.79 Å². The van der Waals surface area contributed by atoms with E-state index in [0.717, 1.165) is 10.5 Å². The van der Waals surface area contributed by atoms with Gasteiger partial charge < -0.3 is 24.8 Å². The zero-order valence-electron chi connectivity index (χ0n) is 20.5. The van der Waals surface area contributed by atoms with E-state index >= 15 is 0 Å². The molecule has 1 fully saturated rings. The molecule has 0 spiro atoms. The second-order valence-electron chi connectivity index (χ2n) is 8.98. The highest BCUT2D eigenvalue weighted by atomic mass is 32.1. The quantitative estimate of drug-likeness (QED) is 0.316. The van der Waals surface area contributed by atoms with Gasteiger partial charge in [-0.3, -0.25) is 9.89 Å². The molecule has 1 aliphatic heterocycles. The molecule has 5 rings (SSSR count). The van der Waals surface area contributed by atoms with Crippen molar-refractivity contribution in [1.29, 1.82) is 0 Å². The van der Waals surface area contributed by atoms with Crippen LogP contribution in [-0.4, -0.2) is 73.9 Å². The number of amides is 1. The van der Waals surface area contributed by atoms with Gasteiger partial charge in [0.25, 0.3) is 5.91 Å². The minimum absolute atomic E-state index is 0.114. The third kappa shape index (κ3) is 5.05. The first kappa shape index (κ1) is 24.5. The summed E-state index contributed by atoms with van der Waals surface area (Å²) in [6.45, 7) is 4.20. The first-order chi connectivity index (χ1) is 17.8. The van der Waals surface area contributed by atoms with Crippen LogP contribution >= 0.6 is 11.3 Å². The number of H-pyrrole nitrogens is 1. The maximum atomic E-state index is 12.9. The van der Waals surface area contributed by atoms with Gasteiger partial charge in [-0.25, -0.2) is 14.8 Å². The molecular weight excluding hydrogens is 496 g/mol. The van der Waals surface area contributed by atoms with Gasteiger partial charge in [0.2, 0.25) is 0 Å². The van der Waals surface area contributed by atoms with E-state index in [2.05, 4.69) is 20.5 Å². The van der Waals surface area contributed by atoms with Crippen molar-refractivity contribution in [3.8, 4) is 22.9 Å². The zero-order chi connectivity index (χ0) is 26.1.